The van der Waals surface area contributed by atoms with Crippen molar-refractivity contribution in [2.75, 3.05) is 39.4 Å². The Balaban J connectivity index is 1.32. The quantitative estimate of drug-likeness (QED) is 0.703. The smallest absolute Gasteiger partial charge is 0.289 e. The van der Waals surface area contributed by atoms with Crippen molar-refractivity contribution in [2.24, 2.45) is 5.92 Å². The highest BCUT2D eigenvalue weighted by Gasteiger charge is 2.32. The van der Waals surface area contributed by atoms with Crippen molar-refractivity contribution >= 4 is 23.6 Å². The van der Waals surface area contributed by atoms with Gasteiger partial charge in [-0.15, -0.1) is 11.8 Å². The van der Waals surface area contributed by atoms with Crippen LogP contribution in [0.4, 0.5) is 0 Å². The molecule has 0 N–H and O–H groups in total. The van der Waals surface area contributed by atoms with Gasteiger partial charge >= 0.3 is 0 Å². The molecule has 0 spiro atoms. The minimum absolute atomic E-state index is 0.00172. The molecule has 2 aliphatic heterocycles. The van der Waals surface area contributed by atoms with E-state index in [0.717, 1.165) is 10.5 Å². The summed E-state index contributed by atoms with van der Waals surface area (Å²) in [5, 5.41) is 0. The molecule has 6 nitrogen and oxygen atoms in total. The molecule has 2 aromatic rings. The molecule has 0 aliphatic carbocycles. The maximum absolute atomic E-state index is 13.0. The highest BCUT2D eigenvalue weighted by molar-refractivity contribution is 7.98. The lowest BCUT2D eigenvalue weighted by molar-refractivity contribution is -0.141. The topological polar surface area (TPSA) is 63.0 Å². The number of piperidine rings is 1. The Bertz CT molecular complexity index is 824. The van der Waals surface area contributed by atoms with Gasteiger partial charge in [0, 0.05) is 48.3 Å². The summed E-state index contributed by atoms with van der Waals surface area (Å²) < 4.78 is 10.9. The number of carbonyl (C=O) groups is 2. The number of nitrogens with zero attached hydrogens (tertiary/aromatic N) is 2. The van der Waals surface area contributed by atoms with Crippen molar-refractivity contribution in [1.29, 1.82) is 0 Å². The number of benzene rings is 1. The zero-order valence-corrected chi connectivity index (χ0v) is 17.2. The van der Waals surface area contributed by atoms with E-state index in [-0.39, 0.29) is 17.7 Å². The summed E-state index contributed by atoms with van der Waals surface area (Å²) in [5.74, 6) is 1.25. The van der Waals surface area contributed by atoms with E-state index in [0.29, 0.717) is 63.7 Å². The zero-order chi connectivity index (χ0) is 20.1. The standard InChI is InChI=1S/C22H26N2O4S/c25-21(24-11-14-27-15-12-24)17-6-9-23(10-7-17)22(26)20-18(8-13-28-20)16-29-19-4-2-1-3-5-19/h1-5,8,13,17H,6-7,9-12,14-16H2. The van der Waals surface area contributed by atoms with Crippen molar-refractivity contribution in [3.63, 3.8) is 0 Å². The molecular formula is C22H26N2O4S. The molecule has 2 fully saturated rings. The Hall–Kier alpha value is -2.25. The fourth-order valence-electron chi connectivity index (χ4n) is 3.83. The molecule has 0 bridgehead atoms. The Morgan fingerprint density at radius 3 is 2.41 bits per heavy atom. The molecule has 7 heteroatoms. The third-order valence-corrected chi connectivity index (χ3v) is 6.59. The van der Waals surface area contributed by atoms with Crippen LogP contribution < -0.4 is 0 Å². The van der Waals surface area contributed by atoms with Crippen molar-refractivity contribution in [3.05, 3.63) is 54.0 Å². The van der Waals surface area contributed by atoms with Crippen LogP contribution in [0.5, 0.6) is 0 Å². The maximum Gasteiger partial charge on any atom is 0.289 e. The first-order valence-corrected chi connectivity index (χ1v) is 11.1. The fourth-order valence-corrected chi connectivity index (χ4v) is 4.73. The number of furan rings is 1. The molecule has 3 heterocycles. The van der Waals surface area contributed by atoms with Crippen LogP contribution in [-0.2, 0) is 15.3 Å². The second-order valence-electron chi connectivity index (χ2n) is 7.38. The maximum atomic E-state index is 13.0. The lowest BCUT2D eigenvalue weighted by Crippen LogP contribution is -2.47. The van der Waals surface area contributed by atoms with Crippen molar-refractivity contribution in [1.82, 2.24) is 9.80 Å². The van der Waals surface area contributed by atoms with Gasteiger partial charge in [0.1, 0.15) is 0 Å². The van der Waals surface area contributed by atoms with E-state index in [1.807, 2.05) is 34.1 Å². The molecule has 0 atom stereocenters. The first-order valence-electron chi connectivity index (χ1n) is 10.1. The van der Waals surface area contributed by atoms with Crippen LogP contribution in [0.2, 0.25) is 0 Å². The predicted molar refractivity (Wildman–Crippen MR) is 111 cm³/mol. The van der Waals surface area contributed by atoms with Gasteiger partial charge in [0.2, 0.25) is 5.91 Å². The van der Waals surface area contributed by atoms with Gasteiger partial charge < -0.3 is 19.0 Å². The first kappa shape index (κ1) is 20.0. The summed E-state index contributed by atoms with van der Waals surface area (Å²) in [7, 11) is 0. The predicted octanol–water partition coefficient (Wildman–Crippen LogP) is 3.28. The normalized spacial score (nSPS) is 18.1. The van der Waals surface area contributed by atoms with Crippen LogP contribution in [0.1, 0.15) is 29.0 Å². The molecule has 0 radical (unpaired) electrons. The van der Waals surface area contributed by atoms with E-state index < -0.39 is 0 Å². The van der Waals surface area contributed by atoms with Crippen LogP contribution in [-0.4, -0.2) is 61.0 Å². The zero-order valence-electron chi connectivity index (χ0n) is 16.4. The Kier molecular flexibility index (Phi) is 6.56. The van der Waals surface area contributed by atoms with Crippen LogP contribution in [0.15, 0.2) is 52.0 Å². The number of carbonyl (C=O) groups excluding carboxylic acids is 2. The summed E-state index contributed by atoms with van der Waals surface area (Å²) in [4.78, 5) is 30.5. The number of likely N-dealkylation sites (tertiary alicyclic amines) is 1. The summed E-state index contributed by atoms with van der Waals surface area (Å²) >= 11 is 1.69. The molecule has 29 heavy (non-hydrogen) atoms. The van der Waals surface area contributed by atoms with Gasteiger partial charge in [0.05, 0.1) is 19.5 Å². The molecule has 1 aromatic heterocycles. The number of amides is 2. The van der Waals surface area contributed by atoms with Crippen molar-refractivity contribution in [2.45, 2.75) is 23.5 Å². The molecule has 0 unspecified atom stereocenters. The van der Waals surface area contributed by atoms with Crippen LogP contribution in [0, 0.1) is 5.92 Å². The second kappa shape index (κ2) is 9.50. The Morgan fingerprint density at radius 1 is 0.966 bits per heavy atom. The van der Waals surface area contributed by atoms with E-state index in [1.165, 1.54) is 0 Å². The third-order valence-electron chi connectivity index (χ3n) is 5.53. The van der Waals surface area contributed by atoms with Crippen LogP contribution in [0.25, 0.3) is 0 Å². The number of hydrogen-bond acceptors (Lipinski definition) is 5. The highest BCUT2D eigenvalue weighted by atomic mass is 32.2. The van der Waals surface area contributed by atoms with Gasteiger partial charge in [0.25, 0.3) is 5.91 Å². The van der Waals surface area contributed by atoms with E-state index >= 15 is 0 Å². The number of rotatable bonds is 5. The summed E-state index contributed by atoms with van der Waals surface area (Å²) in [6.45, 7) is 3.76. The minimum atomic E-state index is -0.0732. The van der Waals surface area contributed by atoms with Crippen LogP contribution in [0.3, 0.4) is 0 Å². The van der Waals surface area contributed by atoms with E-state index in [9.17, 15) is 9.59 Å². The Labute approximate surface area is 175 Å². The molecule has 2 amide bonds. The summed E-state index contributed by atoms with van der Waals surface area (Å²) in [6.07, 6.45) is 3.00. The monoisotopic (exact) mass is 414 g/mol. The molecule has 1 aromatic carbocycles. The molecule has 154 valence electrons. The van der Waals surface area contributed by atoms with Crippen molar-refractivity contribution in [3.8, 4) is 0 Å². The summed E-state index contributed by atoms with van der Waals surface area (Å²) in [6, 6.07) is 12.0. The number of ether oxygens (including phenoxy) is 1. The van der Waals surface area contributed by atoms with Gasteiger partial charge in [-0.1, -0.05) is 18.2 Å². The van der Waals surface area contributed by atoms with Gasteiger partial charge in [-0.25, -0.2) is 0 Å². The molecule has 0 saturated carbocycles. The average Bonchev–Trinajstić information content (AvgIpc) is 3.27. The molecule has 2 saturated heterocycles. The number of morpholine rings is 1. The van der Waals surface area contributed by atoms with Gasteiger partial charge in [-0.2, -0.15) is 0 Å². The lowest BCUT2D eigenvalue weighted by atomic mass is 9.95. The lowest BCUT2D eigenvalue weighted by Gasteiger charge is -2.35. The van der Waals surface area contributed by atoms with Gasteiger partial charge in [0.15, 0.2) is 5.76 Å². The van der Waals surface area contributed by atoms with E-state index in [1.54, 1.807) is 18.0 Å². The highest BCUT2D eigenvalue weighted by Crippen LogP contribution is 2.27. The Morgan fingerprint density at radius 2 is 1.69 bits per heavy atom. The minimum Gasteiger partial charge on any atom is -0.459 e. The first-order chi connectivity index (χ1) is 14.2. The van der Waals surface area contributed by atoms with Crippen molar-refractivity contribution < 1.29 is 18.7 Å². The molecular weight excluding hydrogens is 388 g/mol. The fraction of sp³-hybridized carbons (Fsp3) is 0.455. The molecule has 2 aliphatic rings. The van der Waals surface area contributed by atoms with E-state index in [2.05, 4.69) is 12.1 Å². The largest absolute Gasteiger partial charge is 0.459 e. The number of thioether (sulfide) groups is 1. The van der Waals surface area contributed by atoms with Gasteiger partial charge in [-0.05, 0) is 31.0 Å². The second-order valence-corrected chi connectivity index (χ2v) is 8.43. The van der Waals surface area contributed by atoms with Gasteiger partial charge in [-0.3, -0.25) is 9.59 Å². The van der Waals surface area contributed by atoms with Crippen LogP contribution >= 0.6 is 11.8 Å². The SMILES string of the molecule is O=C(c1occc1CSc1ccccc1)N1CCC(C(=O)N2CCOCC2)CC1. The molecule has 4 rings (SSSR count). The average molecular weight is 415 g/mol. The van der Waals surface area contributed by atoms with E-state index in [4.69, 9.17) is 9.15 Å². The summed E-state index contributed by atoms with van der Waals surface area (Å²) in [5.41, 5.74) is 0.912. The third kappa shape index (κ3) is 4.85. The number of hydrogen-bond donors (Lipinski definition) is 0.